The Morgan fingerprint density at radius 1 is 0.963 bits per heavy atom. The zero-order valence-electron chi connectivity index (χ0n) is 14.6. The molecule has 0 unspecified atom stereocenters. The van der Waals surface area contributed by atoms with Crippen molar-refractivity contribution in [3.05, 3.63) is 59.7 Å². The number of benzene rings is 2. The summed E-state index contributed by atoms with van der Waals surface area (Å²) in [7, 11) is 0. The maximum absolute atomic E-state index is 13.1. The maximum atomic E-state index is 13.1. The Balaban J connectivity index is 1.74. The summed E-state index contributed by atoms with van der Waals surface area (Å²) in [5.74, 6) is -2.83. The van der Waals surface area contributed by atoms with E-state index in [9.17, 15) is 23.2 Å². The second kappa shape index (κ2) is 9.42. The van der Waals surface area contributed by atoms with Crippen LogP contribution in [0.4, 0.5) is 14.5 Å². The summed E-state index contributed by atoms with van der Waals surface area (Å²) >= 11 is 0. The number of carbonyl (C=O) groups is 3. The van der Waals surface area contributed by atoms with Gasteiger partial charge in [0, 0.05) is 23.7 Å². The van der Waals surface area contributed by atoms with Crippen molar-refractivity contribution in [1.29, 1.82) is 0 Å². The summed E-state index contributed by atoms with van der Waals surface area (Å²) in [6.07, 6.45) is 0.398. The van der Waals surface area contributed by atoms with Crippen LogP contribution in [-0.4, -0.2) is 30.7 Å². The Morgan fingerprint density at radius 2 is 1.67 bits per heavy atom. The Hall–Kier alpha value is -3.29. The van der Waals surface area contributed by atoms with Gasteiger partial charge in [-0.15, -0.1) is 0 Å². The third-order valence-electron chi connectivity index (χ3n) is 3.52. The van der Waals surface area contributed by atoms with E-state index in [0.29, 0.717) is 17.7 Å². The first-order valence-corrected chi connectivity index (χ1v) is 8.16. The van der Waals surface area contributed by atoms with Gasteiger partial charge in [0.05, 0.1) is 6.54 Å². The number of nitrogens with one attached hydrogen (secondary N) is 2. The van der Waals surface area contributed by atoms with Crippen LogP contribution in [0.2, 0.25) is 0 Å². The van der Waals surface area contributed by atoms with Crippen molar-refractivity contribution in [2.24, 2.45) is 0 Å². The summed E-state index contributed by atoms with van der Waals surface area (Å²) in [5.41, 5.74) is 0.634. The minimum Gasteiger partial charge on any atom is -0.484 e. The number of rotatable bonds is 8. The van der Waals surface area contributed by atoms with Crippen LogP contribution in [0.3, 0.4) is 0 Å². The molecule has 27 heavy (non-hydrogen) atoms. The van der Waals surface area contributed by atoms with Gasteiger partial charge in [0.2, 0.25) is 5.91 Å². The van der Waals surface area contributed by atoms with Crippen molar-refractivity contribution in [3.8, 4) is 5.75 Å². The number of ether oxygens (including phenoxy) is 1. The molecule has 0 aliphatic heterocycles. The van der Waals surface area contributed by atoms with Gasteiger partial charge in [-0.25, -0.2) is 8.78 Å². The molecule has 0 bridgehead atoms. The smallest absolute Gasteiger partial charge is 0.258 e. The molecule has 0 aromatic heterocycles. The first-order chi connectivity index (χ1) is 12.9. The summed E-state index contributed by atoms with van der Waals surface area (Å²) < 4.78 is 31.2. The number of hydrogen-bond acceptors (Lipinski definition) is 4. The molecular formula is C19H18F2N2O4. The standard InChI is InChI=1S/C19H18F2N2O4/c1-2-17(24)12-3-6-14(7-4-12)27-11-19(26)22-10-18(25)23-13-5-8-15(20)16(21)9-13/h3-9H,2,10-11H2,1H3,(H,22,26)(H,23,25). The molecule has 0 saturated heterocycles. The molecule has 6 nitrogen and oxygen atoms in total. The van der Waals surface area contributed by atoms with Crippen molar-refractivity contribution in [3.63, 3.8) is 0 Å². The second-order valence-electron chi connectivity index (χ2n) is 5.54. The Bertz CT molecular complexity index is 838. The second-order valence-corrected chi connectivity index (χ2v) is 5.54. The lowest BCUT2D eigenvalue weighted by Gasteiger charge is -2.09. The number of carbonyl (C=O) groups excluding carboxylic acids is 3. The monoisotopic (exact) mass is 376 g/mol. The molecule has 0 aliphatic rings. The fraction of sp³-hybridized carbons (Fsp3) is 0.211. The lowest BCUT2D eigenvalue weighted by Crippen LogP contribution is -2.35. The Labute approximate surface area is 154 Å². The van der Waals surface area contributed by atoms with E-state index in [1.807, 2.05) is 0 Å². The first kappa shape index (κ1) is 20.0. The van der Waals surface area contributed by atoms with Crippen LogP contribution >= 0.6 is 0 Å². The largest absolute Gasteiger partial charge is 0.484 e. The van der Waals surface area contributed by atoms with Gasteiger partial charge >= 0.3 is 0 Å². The predicted octanol–water partition coefficient (Wildman–Crippen LogP) is 2.69. The highest BCUT2D eigenvalue weighted by atomic mass is 19.2. The average molecular weight is 376 g/mol. The summed E-state index contributed by atoms with van der Waals surface area (Å²) in [6, 6.07) is 9.29. The van der Waals surface area contributed by atoms with E-state index in [4.69, 9.17) is 4.74 Å². The van der Waals surface area contributed by atoms with Crippen LogP contribution in [0, 0.1) is 11.6 Å². The molecule has 0 heterocycles. The van der Waals surface area contributed by atoms with E-state index in [0.717, 1.165) is 12.1 Å². The third kappa shape index (κ3) is 6.18. The zero-order chi connectivity index (χ0) is 19.8. The van der Waals surface area contributed by atoms with Gasteiger partial charge in [-0.2, -0.15) is 0 Å². The molecule has 2 aromatic carbocycles. The van der Waals surface area contributed by atoms with Crippen molar-refractivity contribution in [2.45, 2.75) is 13.3 Å². The molecule has 2 amide bonds. The molecule has 2 rings (SSSR count). The highest BCUT2D eigenvalue weighted by Gasteiger charge is 2.09. The minimum atomic E-state index is -1.09. The first-order valence-electron chi connectivity index (χ1n) is 8.16. The van der Waals surface area contributed by atoms with E-state index >= 15 is 0 Å². The summed E-state index contributed by atoms with van der Waals surface area (Å²) in [4.78, 5) is 34.9. The Kier molecular flexibility index (Phi) is 6.99. The maximum Gasteiger partial charge on any atom is 0.258 e. The predicted molar refractivity (Wildman–Crippen MR) is 94.6 cm³/mol. The SMILES string of the molecule is CCC(=O)c1ccc(OCC(=O)NCC(=O)Nc2ccc(F)c(F)c2)cc1. The van der Waals surface area contributed by atoms with Crippen LogP contribution in [0.1, 0.15) is 23.7 Å². The van der Waals surface area contributed by atoms with Gasteiger partial charge in [-0.1, -0.05) is 6.92 Å². The summed E-state index contributed by atoms with van der Waals surface area (Å²) in [6.45, 7) is 1.09. The lowest BCUT2D eigenvalue weighted by molar-refractivity contribution is -0.125. The van der Waals surface area contributed by atoms with Gasteiger partial charge < -0.3 is 15.4 Å². The van der Waals surface area contributed by atoms with Crippen LogP contribution in [0.25, 0.3) is 0 Å². The Morgan fingerprint density at radius 3 is 2.30 bits per heavy atom. The molecule has 2 aromatic rings. The molecular weight excluding hydrogens is 358 g/mol. The molecule has 0 aliphatic carbocycles. The number of ketones is 1. The molecule has 0 saturated carbocycles. The van der Waals surface area contributed by atoms with E-state index < -0.39 is 23.4 Å². The van der Waals surface area contributed by atoms with Gasteiger partial charge in [0.1, 0.15) is 5.75 Å². The molecule has 0 radical (unpaired) electrons. The van der Waals surface area contributed by atoms with Gasteiger partial charge in [-0.05, 0) is 36.4 Å². The minimum absolute atomic E-state index is 0.00587. The molecule has 2 N–H and O–H groups in total. The average Bonchev–Trinajstić information content (AvgIpc) is 2.67. The third-order valence-corrected chi connectivity index (χ3v) is 3.52. The van der Waals surface area contributed by atoms with Crippen molar-refractivity contribution in [2.75, 3.05) is 18.5 Å². The number of halogens is 2. The molecule has 0 spiro atoms. The van der Waals surface area contributed by atoms with E-state index in [1.165, 1.54) is 6.07 Å². The van der Waals surface area contributed by atoms with Crippen molar-refractivity contribution >= 4 is 23.3 Å². The number of hydrogen-bond donors (Lipinski definition) is 2. The topological polar surface area (TPSA) is 84.5 Å². The van der Waals surface area contributed by atoms with Gasteiger partial charge in [-0.3, -0.25) is 14.4 Å². The molecule has 142 valence electrons. The highest BCUT2D eigenvalue weighted by Crippen LogP contribution is 2.14. The van der Waals surface area contributed by atoms with Crippen molar-refractivity contribution < 1.29 is 27.9 Å². The highest BCUT2D eigenvalue weighted by molar-refractivity contribution is 5.96. The zero-order valence-corrected chi connectivity index (χ0v) is 14.6. The van der Waals surface area contributed by atoms with Crippen LogP contribution < -0.4 is 15.4 Å². The fourth-order valence-electron chi connectivity index (χ4n) is 2.10. The lowest BCUT2D eigenvalue weighted by atomic mass is 10.1. The van der Waals surface area contributed by atoms with Crippen LogP contribution in [0.15, 0.2) is 42.5 Å². The number of amides is 2. The quantitative estimate of drug-likeness (QED) is 0.694. The van der Waals surface area contributed by atoms with E-state index in [2.05, 4.69) is 10.6 Å². The fourth-order valence-corrected chi connectivity index (χ4v) is 2.10. The normalized spacial score (nSPS) is 10.2. The van der Waals surface area contributed by atoms with Crippen LogP contribution in [0.5, 0.6) is 5.75 Å². The van der Waals surface area contributed by atoms with Gasteiger partial charge in [0.15, 0.2) is 24.0 Å². The molecule has 0 fully saturated rings. The van der Waals surface area contributed by atoms with Gasteiger partial charge in [0.25, 0.3) is 5.91 Å². The number of Topliss-reactive ketones (excluding diaryl/α,β-unsaturated/α-hetero) is 1. The number of anilines is 1. The molecule has 8 heteroatoms. The van der Waals surface area contributed by atoms with Crippen molar-refractivity contribution in [1.82, 2.24) is 5.32 Å². The van der Waals surface area contributed by atoms with E-state index in [-0.39, 0.29) is 24.6 Å². The van der Waals surface area contributed by atoms with Crippen LogP contribution in [-0.2, 0) is 9.59 Å². The molecule has 0 atom stereocenters. The summed E-state index contributed by atoms with van der Waals surface area (Å²) in [5, 5.41) is 4.67. The van der Waals surface area contributed by atoms with E-state index in [1.54, 1.807) is 31.2 Å².